The number of rotatable bonds is 3. The minimum Gasteiger partial charge on any atom is -0.250 e. The first-order valence-electron chi connectivity index (χ1n) is 4.90. The van der Waals surface area contributed by atoms with Crippen molar-refractivity contribution >= 4 is 5.84 Å². The summed E-state index contributed by atoms with van der Waals surface area (Å²) in [5.41, 5.74) is 4.11. The lowest BCUT2D eigenvalue weighted by molar-refractivity contribution is 0.0359. The summed E-state index contributed by atoms with van der Waals surface area (Å²) < 4.78 is 0. The molecule has 0 fully saturated rings. The van der Waals surface area contributed by atoms with Gasteiger partial charge in [0.15, 0.2) is 6.23 Å². The SMILES string of the molecule is CCC1N=C(Cc2ccccc2)NO1. The number of hydrogen-bond acceptors (Lipinski definition) is 3. The zero-order chi connectivity index (χ0) is 9.80. The fraction of sp³-hybridized carbons (Fsp3) is 0.364. The van der Waals surface area contributed by atoms with Crippen LogP contribution in [-0.2, 0) is 11.3 Å². The van der Waals surface area contributed by atoms with Gasteiger partial charge in [-0.05, 0) is 12.0 Å². The van der Waals surface area contributed by atoms with Crippen molar-refractivity contribution in [3.8, 4) is 0 Å². The molecule has 0 bridgehead atoms. The van der Waals surface area contributed by atoms with Gasteiger partial charge in [0.1, 0.15) is 5.84 Å². The highest BCUT2D eigenvalue weighted by atomic mass is 16.7. The van der Waals surface area contributed by atoms with E-state index in [1.54, 1.807) is 0 Å². The number of aliphatic imine (C=N–C) groups is 1. The third-order valence-electron chi connectivity index (χ3n) is 2.18. The number of hydrogen-bond donors (Lipinski definition) is 1. The van der Waals surface area contributed by atoms with E-state index >= 15 is 0 Å². The van der Waals surface area contributed by atoms with Crippen LogP contribution in [0.3, 0.4) is 0 Å². The standard InChI is InChI=1S/C11H14N2O/c1-2-11-12-10(13-14-11)8-9-6-4-3-5-7-9/h3-7,11H,2,8H2,1H3,(H,12,13). The summed E-state index contributed by atoms with van der Waals surface area (Å²) in [6.45, 7) is 2.06. The van der Waals surface area contributed by atoms with Gasteiger partial charge in [-0.1, -0.05) is 37.3 Å². The molecule has 3 nitrogen and oxygen atoms in total. The number of nitrogens with one attached hydrogen (secondary N) is 1. The molecule has 1 aromatic carbocycles. The first kappa shape index (κ1) is 9.21. The average Bonchev–Trinajstić information content (AvgIpc) is 2.67. The largest absolute Gasteiger partial charge is 0.250 e. The average molecular weight is 190 g/mol. The molecule has 1 aromatic rings. The predicted octanol–water partition coefficient (Wildman–Crippen LogP) is 1.90. The van der Waals surface area contributed by atoms with Crippen molar-refractivity contribution in [3.63, 3.8) is 0 Å². The summed E-state index contributed by atoms with van der Waals surface area (Å²) in [7, 11) is 0. The van der Waals surface area contributed by atoms with E-state index in [4.69, 9.17) is 4.84 Å². The molecule has 2 rings (SSSR count). The van der Waals surface area contributed by atoms with Gasteiger partial charge >= 0.3 is 0 Å². The van der Waals surface area contributed by atoms with E-state index in [-0.39, 0.29) is 6.23 Å². The van der Waals surface area contributed by atoms with Gasteiger partial charge < -0.3 is 0 Å². The summed E-state index contributed by atoms with van der Waals surface area (Å²) in [5, 5.41) is 0. The molecule has 0 aromatic heterocycles. The number of benzene rings is 1. The Hall–Kier alpha value is -1.35. The van der Waals surface area contributed by atoms with Gasteiger partial charge in [0.25, 0.3) is 0 Å². The molecule has 1 heterocycles. The topological polar surface area (TPSA) is 33.6 Å². The molecule has 1 aliphatic heterocycles. The fourth-order valence-corrected chi connectivity index (χ4v) is 1.41. The van der Waals surface area contributed by atoms with Crippen LogP contribution >= 0.6 is 0 Å². The van der Waals surface area contributed by atoms with Crippen LogP contribution in [0.2, 0.25) is 0 Å². The molecule has 0 saturated carbocycles. The van der Waals surface area contributed by atoms with E-state index in [1.165, 1.54) is 5.56 Å². The quantitative estimate of drug-likeness (QED) is 0.789. The maximum Gasteiger partial charge on any atom is 0.176 e. The Kier molecular flexibility index (Phi) is 2.79. The van der Waals surface area contributed by atoms with Crippen LogP contribution in [0.25, 0.3) is 0 Å². The Bertz CT molecular complexity index is 321. The summed E-state index contributed by atoms with van der Waals surface area (Å²) >= 11 is 0. The minimum atomic E-state index is -0.00582. The van der Waals surface area contributed by atoms with Crippen molar-refractivity contribution in [1.29, 1.82) is 0 Å². The highest BCUT2D eigenvalue weighted by Crippen LogP contribution is 2.08. The second kappa shape index (κ2) is 4.24. The van der Waals surface area contributed by atoms with Gasteiger partial charge in [-0.15, -0.1) is 0 Å². The Labute approximate surface area is 83.8 Å². The lowest BCUT2D eigenvalue weighted by Gasteiger charge is -2.00. The van der Waals surface area contributed by atoms with Gasteiger partial charge in [-0.3, -0.25) is 5.48 Å². The van der Waals surface area contributed by atoms with Crippen molar-refractivity contribution in [1.82, 2.24) is 5.48 Å². The third-order valence-corrected chi connectivity index (χ3v) is 2.18. The number of nitrogens with zero attached hydrogens (tertiary/aromatic N) is 1. The molecule has 1 unspecified atom stereocenters. The summed E-state index contributed by atoms with van der Waals surface area (Å²) in [5.74, 6) is 0.919. The number of hydroxylamine groups is 1. The molecule has 1 aliphatic rings. The van der Waals surface area contributed by atoms with Crippen LogP contribution in [0.4, 0.5) is 0 Å². The van der Waals surface area contributed by atoms with Gasteiger partial charge in [0.2, 0.25) is 0 Å². The Morgan fingerprint density at radius 3 is 2.79 bits per heavy atom. The van der Waals surface area contributed by atoms with Crippen LogP contribution in [0, 0.1) is 0 Å². The van der Waals surface area contributed by atoms with E-state index in [9.17, 15) is 0 Å². The molecule has 0 aliphatic carbocycles. The van der Waals surface area contributed by atoms with E-state index in [1.807, 2.05) is 18.2 Å². The van der Waals surface area contributed by atoms with Crippen LogP contribution < -0.4 is 5.48 Å². The highest BCUT2D eigenvalue weighted by Gasteiger charge is 2.15. The van der Waals surface area contributed by atoms with Crippen LogP contribution in [0.1, 0.15) is 18.9 Å². The first-order valence-corrected chi connectivity index (χ1v) is 4.90. The fourth-order valence-electron chi connectivity index (χ4n) is 1.41. The third kappa shape index (κ3) is 2.12. The predicted molar refractivity (Wildman–Crippen MR) is 55.9 cm³/mol. The molecule has 0 saturated heterocycles. The van der Waals surface area contributed by atoms with E-state index in [0.717, 1.165) is 18.7 Å². The Morgan fingerprint density at radius 2 is 2.14 bits per heavy atom. The van der Waals surface area contributed by atoms with Crippen molar-refractivity contribution in [2.75, 3.05) is 0 Å². The maximum atomic E-state index is 5.23. The van der Waals surface area contributed by atoms with Crippen LogP contribution in [-0.4, -0.2) is 12.1 Å². The summed E-state index contributed by atoms with van der Waals surface area (Å²) in [6.07, 6.45) is 1.72. The molecule has 0 radical (unpaired) electrons. The van der Waals surface area contributed by atoms with Crippen LogP contribution in [0.15, 0.2) is 35.3 Å². The Balaban J connectivity index is 1.99. The molecule has 3 heteroatoms. The molecule has 74 valence electrons. The molecule has 0 spiro atoms. The molecule has 14 heavy (non-hydrogen) atoms. The summed E-state index contributed by atoms with van der Waals surface area (Å²) in [4.78, 5) is 9.62. The Morgan fingerprint density at radius 1 is 1.36 bits per heavy atom. The lowest BCUT2D eigenvalue weighted by Crippen LogP contribution is -2.20. The molecular weight excluding hydrogens is 176 g/mol. The normalized spacial score (nSPS) is 20.4. The zero-order valence-electron chi connectivity index (χ0n) is 8.23. The van der Waals surface area contributed by atoms with E-state index < -0.39 is 0 Å². The lowest BCUT2D eigenvalue weighted by atomic mass is 10.1. The van der Waals surface area contributed by atoms with Gasteiger partial charge in [0, 0.05) is 6.42 Å². The van der Waals surface area contributed by atoms with Crippen molar-refractivity contribution in [2.45, 2.75) is 26.0 Å². The molecule has 1 N–H and O–H groups in total. The zero-order valence-corrected chi connectivity index (χ0v) is 8.23. The van der Waals surface area contributed by atoms with E-state index in [2.05, 4.69) is 29.5 Å². The highest BCUT2D eigenvalue weighted by molar-refractivity contribution is 5.84. The second-order valence-electron chi connectivity index (χ2n) is 3.32. The van der Waals surface area contributed by atoms with Crippen molar-refractivity contribution in [3.05, 3.63) is 35.9 Å². The minimum absolute atomic E-state index is 0.00582. The monoisotopic (exact) mass is 190 g/mol. The van der Waals surface area contributed by atoms with Gasteiger partial charge in [-0.2, -0.15) is 0 Å². The van der Waals surface area contributed by atoms with Crippen molar-refractivity contribution < 1.29 is 4.84 Å². The number of amidine groups is 1. The van der Waals surface area contributed by atoms with Crippen LogP contribution in [0.5, 0.6) is 0 Å². The van der Waals surface area contributed by atoms with Crippen molar-refractivity contribution in [2.24, 2.45) is 4.99 Å². The molecular formula is C11H14N2O. The second-order valence-corrected chi connectivity index (χ2v) is 3.32. The summed E-state index contributed by atoms with van der Waals surface area (Å²) in [6, 6.07) is 10.2. The first-order chi connectivity index (χ1) is 6.88. The molecule has 1 atom stereocenters. The molecule has 0 amide bonds. The van der Waals surface area contributed by atoms with Gasteiger partial charge in [-0.25, -0.2) is 9.83 Å². The van der Waals surface area contributed by atoms with E-state index in [0.29, 0.717) is 0 Å². The smallest absolute Gasteiger partial charge is 0.176 e. The maximum absolute atomic E-state index is 5.23. The van der Waals surface area contributed by atoms with Gasteiger partial charge in [0.05, 0.1) is 0 Å².